The molecule has 0 aliphatic rings. The van der Waals surface area contributed by atoms with E-state index in [4.69, 9.17) is 4.74 Å². The summed E-state index contributed by atoms with van der Waals surface area (Å²) < 4.78 is 10.1. The van der Waals surface area contributed by atoms with Crippen molar-refractivity contribution in [2.24, 2.45) is 0 Å². The monoisotopic (exact) mass is 428 g/mol. The van der Waals surface area contributed by atoms with E-state index in [0.717, 1.165) is 51.7 Å². The number of aromatic nitrogens is 4. The molecule has 1 aromatic carbocycles. The molecule has 0 bridgehead atoms. The highest BCUT2D eigenvalue weighted by atomic mass is 32.2. The molecule has 0 unspecified atom stereocenters. The zero-order valence-corrected chi connectivity index (χ0v) is 18.3. The van der Waals surface area contributed by atoms with Gasteiger partial charge in [0, 0.05) is 5.75 Å². The van der Waals surface area contributed by atoms with Crippen molar-refractivity contribution in [2.45, 2.75) is 44.8 Å². The van der Waals surface area contributed by atoms with Crippen LogP contribution in [0.1, 0.15) is 38.7 Å². The summed E-state index contributed by atoms with van der Waals surface area (Å²) in [5.41, 5.74) is 1.89. The van der Waals surface area contributed by atoms with Gasteiger partial charge in [0.15, 0.2) is 5.16 Å². The molecule has 3 aromatic heterocycles. The van der Waals surface area contributed by atoms with Gasteiger partial charge in [-0.2, -0.15) is 0 Å². The predicted molar refractivity (Wildman–Crippen MR) is 120 cm³/mol. The maximum Gasteiger partial charge on any atom is 0.273 e. The van der Waals surface area contributed by atoms with Gasteiger partial charge in [0.25, 0.3) is 5.56 Å². The molecule has 3 heterocycles. The van der Waals surface area contributed by atoms with Crippen molar-refractivity contribution in [2.75, 3.05) is 12.4 Å². The van der Waals surface area contributed by atoms with Crippen LogP contribution in [-0.4, -0.2) is 31.5 Å². The van der Waals surface area contributed by atoms with E-state index in [0.29, 0.717) is 18.9 Å². The quantitative estimate of drug-likeness (QED) is 0.282. The topological polar surface area (TPSA) is 61.4 Å². The fraction of sp³-hybridized carbons (Fsp3) is 0.381. The van der Waals surface area contributed by atoms with Crippen LogP contribution in [0.15, 0.2) is 45.7 Å². The van der Waals surface area contributed by atoms with Crippen LogP contribution in [0.3, 0.4) is 0 Å². The number of benzene rings is 1. The third-order valence-corrected chi connectivity index (χ3v) is 6.56. The van der Waals surface area contributed by atoms with Gasteiger partial charge < -0.3 is 4.74 Å². The molecule has 0 aliphatic heterocycles. The number of thioether (sulfide) groups is 1. The van der Waals surface area contributed by atoms with Crippen LogP contribution < -0.4 is 10.3 Å². The highest BCUT2D eigenvalue weighted by Gasteiger charge is 2.18. The van der Waals surface area contributed by atoms with Gasteiger partial charge in [0.2, 0.25) is 5.78 Å². The molecule has 0 spiro atoms. The van der Waals surface area contributed by atoms with E-state index >= 15 is 0 Å². The van der Waals surface area contributed by atoms with E-state index in [1.54, 1.807) is 16.3 Å². The lowest BCUT2D eigenvalue weighted by molar-refractivity contribution is 0.317. The largest absolute Gasteiger partial charge is 0.494 e. The SMILES string of the molecule is CCCCSc1nnc2n(Cc3ccc(OCCC)cc3)c(=O)c3sccc3n12. The lowest BCUT2D eigenvalue weighted by atomic mass is 10.2. The molecule has 4 aromatic rings. The molecule has 0 saturated carbocycles. The van der Waals surface area contributed by atoms with Crippen molar-refractivity contribution in [3.63, 3.8) is 0 Å². The second-order valence-corrected chi connectivity index (χ2v) is 8.82. The van der Waals surface area contributed by atoms with Crippen molar-refractivity contribution >= 4 is 39.1 Å². The third-order valence-electron chi connectivity index (χ3n) is 4.65. The minimum atomic E-state index is -0.0219. The summed E-state index contributed by atoms with van der Waals surface area (Å²) in [7, 11) is 0. The molecule has 6 nitrogen and oxygen atoms in total. The Kier molecular flexibility index (Phi) is 6.20. The number of nitrogens with zero attached hydrogens (tertiary/aromatic N) is 4. The van der Waals surface area contributed by atoms with Crippen LogP contribution >= 0.6 is 23.1 Å². The number of hydrogen-bond donors (Lipinski definition) is 0. The molecule has 0 amide bonds. The van der Waals surface area contributed by atoms with Crippen LogP contribution in [0, 0.1) is 0 Å². The van der Waals surface area contributed by atoms with Crippen molar-refractivity contribution in [1.29, 1.82) is 0 Å². The van der Waals surface area contributed by atoms with E-state index in [-0.39, 0.29) is 5.56 Å². The first-order valence-electron chi connectivity index (χ1n) is 9.92. The molecule has 0 aliphatic carbocycles. The smallest absolute Gasteiger partial charge is 0.273 e. The highest BCUT2D eigenvalue weighted by Crippen LogP contribution is 2.25. The van der Waals surface area contributed by atoms with Gasteiger partial charge in [-0.1, -0.05) is 44.2 Å². The molecule has 8 heteroatoms. The van der Waals surface area contributed by atoms with Crippen LogP contribution in [-0.2, 0) is 6.54 Å². The van der Waals surface area contributed by atoms with Crippen molar-refractivity contribution in [3.8, 4) is 5.75 Å². The van der Waals surface area contributed by atoms with Gasteiger partial charge in [-0.25, -0.2) is 0 Å². The van der Waals surface area contributed by atoms with Crippen molar-refractivity contribution in [3.05, 3.63) is 51.6 Å². The fourth-order valence-electron chi connectivity index (χ4n) is 3.14. The zero-order chi connectivity index (χ0) is 20.2. The molecule has 0 fully saturated rings. The minimum absolute atomic E-state index is 0.0219. The summed E-state index contributed by atoms with van der Waals surface area (Å²) in [6, 6.07) is 9.88. The molecule has 152 valence electrons. The molecule has 0 radical (unpaired) electrons. The fourth-order valence-corrected chi connectivity index (χ4v) is 4.98. The number of thiophene rings is 1. The molecular formula is C21H24N4O2S2. The molecular weight excluding hydrogens is 404 g/mol. The first kappa shape index (κ1) is 20.0. The van der Waals surface area contributed by atoms with Gasteiger partial charge in [-0.05, 0) is 42.0 Å². The first-order chi connectivity index (χ1) is 14.2. The number of rotatable bonds is 9. The minimum Gasteiger partial charge on any atom is -0.494 e. The van der Waals surface area contributed by atoms with Gasteiger partial charge in [0.1, 0.15) is 10.4 Å². The number of hydrogen-bond acceptors (Lipinski definition) is 6. The maximum atomic E-state index is 13.1. The Morgan fingerprint density at radius 3 is 2.69 bits per heavy atom. The van der Waals surface area contributed by atoms with Gasteiger partial charge in [-0.15, -0.1) is 21.5 Å². The average Bonchev–Trinajstić information content (AvgIpc) is 3.38. The van der Waals surface area contributed by atoms with E-state index in [1.807, 2.05) is 40.1 Å². The summed E-state index contributed by atoms with van der Waals surface area (Å²) in [5.74, 6) is 2.42. The summed E-state index contributed by atoms with van der Waals surface area (Å²) in [6.07, 6.45) is 3.24. The Morgan fingerprint density at radius 2 is 1.93 bits per heavy atom. The molecule has 0 atom stereocenters. The Balaban J connectivity index is 1.73. The normalized spacial score (nSPS) is 11.5. The Hall–Kier alpha value is -2.32. The molecule has 0 N–H and O–H groups in total. The molecule has 29 heavy (non-hydrogen) atoms. The number of ether oxygens (including phenoxy) is 1. The summed E-state index contributed by atoms with van der Waals surface area (Å²) in [6.45, 7) is 5.41. The molecule has 0 saturated heterocycles. The first-order valence-corrected chi connectivity index (χ1v) is 11.8. The van der Waals surface area contributed by atoms with Crippen molar-refractivity contribution < 1.29 is 4.74 Å². The Labute approximate surface area is 177 Å². The summed E-state index contributed by atoms with van der Waals surface area (Å²) >= 11 is 3.16. The second kappa shape index (κ2) is 9.00. The van der Waals surface area contributed by atoms with E-state index in [9.17, 15) is 4.79 Å². The standard InChI is InChI=1S/C21H24N4O2S2/c1-3-5-12-29-21-23-22-20-24(19(26)18-17(25(20)21)10-13-28-18)14-15-6-8-16(9-7-15)27-11-4-2/h6-10,13H,3-5,11-12,14H2,1-2H3. The summed E-state index contributed by atoms with van der Waals surface area (Å²) in [4.78, 5) is 13.1. The van der Waals surface area contributed by atoms with Gasteiger partial charge in [-0.3, -0.25) is 13.8 Å². The lowest BCUT2D eigenvalue weighted by Gasteiger charge is -2.10. The predicted octanol–water partition coefficient (Wildman–Crippen LogP) is 4.84. The van der Waals surface area contributed by atoms with Gasteiger partial charge >= 0.3 is 0 Å². The maximum absolute atomic E-state index is 13.1. The van der Waals surface area contributed by atoms with Crippen LogP contribution in [0.2, 0.25) is 0 Å². The van der Waals surface area contributed by atoms with Crippen LogP contribution in [0.5, 0.6) is 5.75 Å². The van der Waals surface area contributed by atoms with E-state index in [1.165, 1.54) is 11.3 Å². The van der Waals surface area contributed by atoms with Crippen LogP contribution in [0.25, 0.3) is 16.0 Å². The lowest BCUT2D eigenvalue weighted by Crippen LogP contribution is -2.23. The average molecular weight is 429 g/mol. The second-order valence-electron chi connectivity index (χ2n) is 6.84. The van der Waals surface area contributed by atoms with Crippen LogP contribution in [0.4, 0.5) is 0 Å². The zero-order valence-electron chi connectivity index (χ0n) is 16.6. The Morgan fingerprint density at radius 1 is 1.10 bits per heavy atom. The van der Waals surface area contributed by atoms with E-state index < -0.39 is 0 Å². The number of unbranched alkanes of at least 4 members (excludes halogenated alkanes) is 1. The van der Waals surface area contributed by atoms with Crippen molar-refractivity contribution in [1.82, 2.24) is 19.2 Å². The number of fused-ring (bicyclic) bond motifs is 3. The molecule has 4 rings (SSSR count). The van der Waals surface area contributed by atoms with Gasteiger partial charge in [0.05, 0.1) is 18.7 Å². The third kappa shape index (κ3) is 4.04. The highest BCUT2D eigenvalue weighted by molar-refractivity contribution is 7.99. The summed E-state index contributed by atoms with van der Waals surface area (Å²) in [5, 5.41) is 11.6. The van der Waals surface area contributed by atoms with E-state index in [2.05, 4.69) is 24.0 Å². The Bertz CT molecular complexity index is 1160.